The molecule has 1 aromatic heterocycles. The summed E-state index contributed by atoms with van der Waals surface area (Å²) in [6, 6.07) is 25.5. The Morgan fingerprint density at radius 1 is 0.975 bits per heavy atom. The zero-order valence-electron chi connectivity index (χ0n) is 22.4. The zero-order valence-corrected chi connectivity index (χ0v) is 23.2. The van der Waals surface area contributed by atoms with E-state index >= 15 is 0 Å². The number of fused-ring (bicyclic) bond motifs is 1. The SMILES string of the molecule is COc1ccc(-n2nc(-c3ccccc3)c3c2N(CC(=O)NC2CC2)C(=O)CS[C@H]3c2ccccc2OC)cc1. The number of carbonyl (C=O) groups is 2. The van der Waals surface area contributed by atoms with Gasteiger partial charge in [-0.15, -0.1) is 11.8 Å². The van der Waals surface area contributed by atoms with Crippen LogP contribution < -0.4 is 19.7 Å². The van der Waals surface area contributed by atoms with E-state index in [1.165, 1.54) is 11.8 Å². The molecule has 1 fully saturated rings. The van der Waals surface area contributed by atoms with Gasteiger partial charge in [0.1, 0.15) is 23.9 Å². The summed E-state index contributed by atoms with van der Waals surface area (Å²) in [5, 5.41) is 7.89. The van der Waals surface area contributed by atoms with Crippen molar-refractivity contribution >= 4 is 29.4 Å². The van der Waals surface area contributed by atoms with Crippen molar-refractivity contribution < 1.29 is 19.1 Å². The van der Waals surface area contributed by atoms with Gasteiger partial charge in [0.15, 0.2) is 0 Å². The van der Waals surface area contributed by atoms with Crippen molar-refractivity contribution in [3.63, 3.8) is 0 Å². The van der Waals surface area contributed by atoms with E-state index in [0.29, 0.717) is 11.6 Å². The highest BCUT2D eigenvalue weighted by Crippen LogP contribution is 2.50. The second-order valence-corrected chi connectivity index (χ2v) is 10.9. The first kappa shape index (κ1) is 26.0. The number of para-hydroxylation sites is 1. The molecular formula is C31H30N4O4S. The third kappa shape index (κ3) is 5.04. The molecule has 0 bridgehead atoms. The molecule has 8 nitrogen and oxygen atoms in total. The standard InChI is InChI=1S/C31H30N4O4S/c1-38-23-16-14-22(15-17-23)35-31-28(29(33-35)20-8-4-3-5-9-20)30(24-10-6-7-11-25(24)39-2)40-19-27(37)34(31)18-26(36)32-21-12-13-21/h3-11,14-17,21,30H,12-13,18-19H2,1-2H3,(H,32,36)/t30-/m0/s1. The van der Waals surface area contributed by atoms with Crippen molar-refractivity contribution in [2.24, 2.45) is 0 Å². The molecule has 1 atom stereocenters. The number of amides is 2. The van der Waals surface area contributed by atoms with Crippen LogP contribution in [-0.4, -0.2) is 54.2 Å². The normalized spacial score (nSPS) is 16.7. The Morgan fingerprint density at radius 3 is 2.40 bits per heavy atom. The van der Waals surface area contributed by atoms with Crippen LogP contribution in [0, 0.1) is 0 Å². The molecule has 3 aromatic carbocycles. The minimum absolute atomic E-state index is 0.0857. The van der Waals surface area contributed by atoms with Crippen molar-refractivity contribution in [3.05, 3.63) is 90.0 Å². The number of benzene rings is 3. The fourth-order valence-corrected chi connectivity index (χ4v) is 6.23. The van der Waals surface area contributed by atoms with Gasteiger partial charge in [-0.3, -0.25) is 14.5 Å². The van der Waals surface area contributed by atoms with Crippen LogP contribution in [0.4, 0.5) is 5.82 Å². The van der Waals surface area contributed by atoms with Gasteiger partial charge in [0, 0.05) is 22.7 Å². The number of aromatic nitrogens is 2. The van der Waals surface area contributed by atoms with Gasteiger partial charge in [-0.1, -0.05) is 48.5 Å². The molecule has 0 unspecified atom stereocenters. The quantitative estimate of drug-likeness (QED) is 0.330. The summed E-state index contributed by atoms with van der Waals surface area (Å²) in [6.45, 7) is -0.0857. The van der Waals surface area contributed by atoms with E-state index in [1.807, 2.05) is 78.9 Å². The van der Waals surface area contributed by atoms with Crippen LogP contribution in [0.2, 0.25) is 0 Å². The number of ether oxygens (including phenoxy) is 2. The van der Waals surface area contributed by atoms with E-state index in [-0.39, 0.29) is 35.4 Å². The first-order chi connectivity index (χ1) is 19.6. The number of hydrogen-bond acceptors (Lipinski definition) is 6. The van der Waals surface area contributed by atoms with Crippen molar-refractivity contribution in [1.29, 1.82) is 0 Å². The molecule has 6 rings (SSSR count). The molecular weight excluding hydrogens is 524 g/mol. The molecule has 9 heteroatoms. The molecule has 1 aliphatic carbocycles. The number of hydrogen-bond donors (Lipinski definition) is 1. The summed E-state index contributed by atoms with van der Waals surface area (Å²) in [5.41, 5.74) is 4.23. The van der Waals surface area contributed by atoms with Crippen LogP contribution in [0.1, 0.15) is 29.2 Å². The van der Waals surface area contributed by atoms with E-state index in [4.69, 9.17) is 14.6 Å². The van der Waals surface area contributed by atoms with E-state index < -0.39 is 0 Å². The average molecular weight is 555 g/mol. The maximum Gasteiger partial charge on any atom is 0.240 e. The van der Waals surface area contributed by atoms with Crippen LogP contribution in [0.15, 0.2) is 78.9 Å². The number of nitrogens with zero attached hydrogens (tertiary/aromatic N) is 3. The average Bonchev–Trinajstić information content (AvgIpc) is 3.75. The van der Waals surface area contributed by atoms with Crippen molar-refractivity contribution in [1.82, 2.24) is 15.1 Å². The van der Waals surface area contributed by atoms with Crippen LogP contribution >= 0.6 is 11.8 Å². The lowest BCUT2D eigenvalue weighted by molar-refractivity contribution is -0.123. The highest BCUT2D eigenvalue weighted by atomic mass is 32.2. The molecule has 2 heterocycles. The first-order valence-electron chi connectivity index (χ1n) is 13.2. The van der Waals surface area contributed by atoms with Gasteiger partial charge in [-0.05, 0) is 43.2 Å². The number of rotatable bonds is 8. The largest absolute Gasteiger partial charge is 0.497 e. The fourth-order valence-electron chi connectivity index (χ4n) is 5.01. The van der Waals surface area contributed by atoms with E-state index in [1.54, 1.807) is 23.8 Å². The Morgan fingerprint density at radius 2 is 1.70 bits per heavy atom. The lowest BCUT2D eigenvalue weighted by Crippen LogP contribution is -2.43. The van der Waals surface area contributed by atoms with Crippen LogP contribution in [0.25, 0.3) is 16.9 Å². The Labute approximate surface area is 237 Å². The van der Waals surface area contributed by atoms with Gasteiger partial charge in [-0.25, -0.2) is 4.68 Å². The predicted molar refractivity (Wildman–Crippen MR) is 156 cm³/mol. The molecule has 1 N–H and O–H groups in total. The van der Waals surface area contributed by atoms with Gasteiger partial charge in [0.05, 0.1) is 36.6 Å². The zero-order chi connectivity index (χ0) is 27.6. The lowest BCUT2D eigenvalue weighted by Gasteiger charge is -2.23. The fraction of sp³-hybridized carbons (Fsp3) is 0.258. The van der Waals surface area contributed by atoms with E-state index in [0.717, 1.165) is 46.7 Å². The molecule has 204 valence electrons. The molecule has 1 saturated carbocycles. The third-order valence-electron chi connectivity index (χ3n) is 7.12. The summed E-state index contributed by atoms with van der Waals surface area (Å²) in [4.78, 5) is 28.5. The highest BCUT2D eigenvalue weighted by Gasteiger charge is 2.39. The maximum absolute atomic E-state index is 13.8. The van der Waals surface area contributed by atoms with Gasteiger partial charge < -0.3 is 14.8 Å². The van der Waals surface area contributed by atoms with Gasteiger partial charge in [-0.2, -0.15) is 5.10 Å². The molecule has 0 saturated heterocycles. The number of methoxy groups -OCH3 is 2. The lowest BCUT2D eigenvalue weighted by atomic mass is 9.99. The Balaban J connectivity index is 1.61. The molecule has 0 spiro atoms. The Bertz CT molecular complexity index is 1530. The summed E-state index contributed by atoms with van der Waals surface area (Å²) in [6.07, 6.45) is 1.94. The summed E-state index contributed by atoms with van der Waals surface area (Å²) < 4.78 is 12.9. The smallest absolute Gasteiger partial charge is 0.240 e. The number of nitrogens with one attached hydrogen (secondary N) is 1. The van der Waals surface area contributed by atoms with Crippen LogP contribution in [-0.2, 0) is 9.59 Å². The molecule has 4 aromatic rings. The minimum atomic E-state index is -0.270. The number of carbonyl (C=O) groups excluding carboxylic acids is 2. The monoisotopic (exact) mass is 554 g/mol. The van der Waals surface area contributed by atoms with Crippen molar-refractivity contribution in [2.45, 2.75) is 24.1 Å². The van der Waals surface area contributed by atoms with Gasteiger partial charge >= 0.3 is 0 Å². The Hall–Kier alpha value is -4.24. The molecule has 0 radical (unpaired) electrons. The van der Waals surface area contributed by atoms with E-state index in [2.05, 4.69) is 5.32 Å². The molecule has 1 aliphatic heterocycles. The first-order valence-corrected chi connectivity index (χ1v) is 14.3. The maximum atomic E-state index is 13.8. The van der Waals surface area contributed by atoms with Crippen molar-refractivity contribution in [2.75, 3.05) is 31.4 Å². The summed E-state index contributed by atoms with van der Waals surface area (Å²) in [5.74, 6) is 1.90. The second kappa shape index (κ2) is 11.1. The van der Waals surface area contributed by atoms with Crippen LogP contribution in [0.3, 0.4) is 0 Å². The van der Waals surface area contributed by atoms with Gasteiger partial charge in [0.25, 0.3) is 0 Å². The summed E-state index contributed by atoms with van der Waals surface area (Å²) >= 11 is 1.52. The van der Waals surface area contributed by atoms with Crippen molar-refractivity contribution in [3.8, 4) is 28.4 Å². The molecule has 2 amide bonds. The van der Waals surface area contributed by atoms with Crippen LogP contribution in [0.5, 0.6) is 11.5 Å². The molecule has 40 heavy (non-hydrogen) atoms. The highest BCUT2D eigenvalue weighted by molar-refractivity contribution is 8.00. The predicted octanol–water partition coefficient (Wildman–Crippen LogP) is 5.00. The summed E-state index contributed by atoms with van der Waals surface area (Å²) in [7, 11) is 3.27. The third-order valence-corrected chi connectivity index (χ3v) is 8.36. The van der Waals surface area contributed by atoms with Gasteiger partial charge in [0.2, 0.25) is 11.8 Å². The second-order valence-electron chi connectivity index (χ2n) is 9.82. The number of thioether (sulfide) groups is 1. The van der Waals surface area contributed by atoms with E-state index in [9.17, 15) is 9.59 Å². The number of anilines is 1. The molecule has 2 aliphatic rings. The topological polar surface area (TPSA) is 85.7 Å². The minimum Gasteiger partial charge on any atom is -0.497 e. The Kier molecular flexibility index (Phi) is 7.21.